The van der Waals surface area contributed by atoms with Gasteiger partial charge in [0, 0.05) is 34.8 Å². The average molecular weight is 502 g/mol. The summed E-state index contributed by atoms with van der Waals surface area (Å²) in [4.78, 5) is 9.20. The molecule has 178 valence electrons. The van der Waals surface area contributed by atoms with Gasteiger partial charge in [0.15, 0.2) is 0 Å². The van der Waals surface area contributed by atoms with Gasteiger partial charge in [0.2, 0.25) is 0 Å². The van der Waals surface area contributed by atoms with Crippen LogP contribution in [0.2, 0.25) is 0 Å². The Kier molecular flexibility index (Phi) is 7.25. The zero-order chi connectivity index (χ0) is 25.2. The molecule has 0 N–H and O–H groups in total. The van der Waals surface area contributed by atoms with Gasteiger partial charge in [-0.1, -0.05) is 30.3 Å². The highest BCUT2D eigenvalue weighted by Gasteiger charge is 2.17. The van der Waals surface area contributed by atoms with E-state index >= 15 is 0 Å². The van der Waals surface area contributed by atoms with Gasteiger partial charge in [0.1, 0.15) is 20.9 Å². The highest BCUT2D eigenvalue weighted by Crippen LogP contribution is 2.32. The fourth-order valence-corrected chi connectivity index (χ4v) is 5.64. The number of hydrogen-bond acceptors (Lipinski definition) is 6. The van der Waals surface area contributed by atoms with Crippen molar-refractivity contribution in [1.82, 2.24) is 9.97 Å². The van der Waals surface area contributed by atoms with Crippen LogP contribution in [-0.2, 0) is 22.0 Å². The van der Waals surface area contributed by atoms with E-state index in [1.807, 2.05) is 44.2 Å². The summed E-state index contributed by atoms with van der Waals surface area (Å²) in [5.74, 6) is 0.675. The largest absolute Gasteiger partial charge is 0.256 e. The van der Waals surface area contributed by atoms with E-state index in [0.717, 1.165) is 49.4 Å². The van der Waals surface area contributed by atoms with Crippen molar-refractivity contribution in [3.05, 3.63) is 88.7 Å². The van der Waals surface area contributed by atoms with Crippen LogP contribution < -0.4 is 0 Å². The summed E-state index contributed by atoms with van der Waals surface area (Å²) in [6.07, 6.45) is 3.51. The van der Waals surface area contributed by atoms with Crippen molar-refractivity contribution in [2.75, 3.05) is 6.26 Å². The zero-order valence-electron chi connectivity index (χ0n) is 20.2. The molecule has 35 heavy (non-hydrogen) atoms. The number of aromatic nitrogens is 2. The monoisotopic (exact) mass is 501 g/mol. The predicted molar refractivity (Wildman–Crippen MR) is 143 cm³/mol. The van der Waals surface area contributed by atoms with Gasteiger partial charge in [-0.25, -0.2) is 13.4 Å². The maximum atomic E-state index is 12.0. The molecule has 2 aromatic carbocycles. The van der Waals surface area contributed by atoms with Crippen molar-refractivity contribution < 1.29 is 8.42 Å². The lowest BCUT2D eigenvalue weighted by Crippen LogP contribution is -2.18. The summed E-state index contributed by atoms with van der Waals surface area (Å²) < 4.78 is 24.1. The van der Waals surface area contributed by atoms with Gasteiger partial charge in [-0.3, -0.25) is 4.98 Å². The van der Waals surface area contributed by atoms with Gasteiger partial charge in [-0.05, 0) is 73.7 Å². The van der Waals surface area contributed by atoms with E-state index in [1.165, 1.54) is 6.26 Å². The summed E-state index contributed by atoms with van der Waals surface area (Å²) in [7, 11) is -3.13. The molecule has 1 unspecified atom stereocenters. The first kappa shape index (κ1) is 24.9. The Balaban J connectivity index is 1.69. The van der Waals surface area contributed by atoms with Crippen LogP contribution in [0, 0.1) is 25.2 Å². The van der Waals surface area contributed by atoms with Crippen molar-refractivity contribution in [2.45, 2.75) is 43.2 Å². The minimum absolute atomic E-state index is 0.446. The summed E-state index contributed by atoms with van der Waals surface area (Å²) in [6.45, 7) is 5.62. The maximum Gasteiger partial charge on any atom is 0.150 e. The van der Waals surface area contributed by atoms with Crippen LogP contribution in [0.25, 0.3) is 22.0 Å². The fraction of sp³-hybridized carbons (Fsp3) is 0.250. The SMILES string of the molecule is Cc1cc(C)c(C#N)c(SCc2cccc(-c3cc(CC(C)S(C)(=O)=O)cc4cccnc34)c2)n1. The van der Waals surface area contributed by atoms with E-state index in [4.69, 9.17) is 0 Å². The van der Waals surface area contributed by atoms with Crippen molar-refractivity contribution in [3.8, 4) is 17.2 Å². The number of thioether (sulfide) groups is 1. The van der Waals surface area contributed by atoms with Crippen LogP contribution in [0.4, 0.5) is 0 Å². The van der Waals surface area contributed by atoms with Crippen LogP contribution in [0.1, 0.15) is 34.9 Å². The van der Waals surface area contributed by atoms with Crippen LogP contribution in [0.5, 0.6) is 0 Å². The van der Waals surface area contributed by atoms with Gasteiger partial charge in [-0.2, -0.15) is 5.26 Å². The number of nitrogens with zero attached hydrogens (tertiary/aromatic N) is 3. The van der Waals surface area contributed by atoms with Gasteiger partial charge < -0.3 is 0 Å². The Labute approximate surface area is 211 Å². The first-order valence-electron chi connectivity index (χ1n) is 11.3. The van der Waals surface area contributed by atoms with E-state index in [-0.39, 0.29) is 0 Å². The molecule has 1 atom stereocenters. The van der Waals surface area contributed by atoms with E-state index in [0.29, 0.717) is 17.7 Å². The molecular weight excluding hydrogens is 474 g/mol. The lowest BCUT2D eigenvalue weighted by Gasteiger charge is -2.14. The standard InChI is InChI=1S/C28H27N3O2S2/c1-18-11-19(2)31-28(26(18)16-29)34-17-21-7-5-8-23(13-21)25-15-22(12-20(3)35(4,32)33)14-24-9-6-10-30-27(24)25/h5-11,13-15,20H,12,17H2,1-4H3. The molecule has 4 aromatic rings. The molecule has 0 saturated carbocycles. The predicted octanol–water partition coefficient (Wildman–Crippen LogP) is 6.05. The van der Waals surface area contributed by atoms with Crippen molar-refractivity contribution >= 4 is 32.5 Å². The number of fused-ring (bicyclic) bond motifs is 1. The molecular formula is C28H27N3O2S2. The van der Waals surface area contributed by atoms with Crippen LogP contribution >= 0.6 is 11.8 Å². The maximum absolute atomic E-state index is 12.0. The Morgan fingerprint density at radius 1 is 1.06 bits per heavy atom. The number of benzene rings is 2. The summed E-state index contributed by atoms with van der Waals surface area (Å²) in [5, 5.41) is 10.8. The lowest BCUT2D eigenvalue weighted by atomic mass is 9.96. The van der Waals surface area contributed by atoms with Gasteiger partial charge in [0.05, 0.1) is 16.3 Å². The minimum Gasteiger partial charge on any atom is -0.256 e. The Morgan fingerprint density at radius 2 is 1.86 bits per heavy atom. The molecule has 0 aliphatic rings. The van der Waals surface area contributed by atoms with E-state index in [9.17, 15) is 13.7 Å². The molecule has 0 amide bonds. The van der Waals surface area contributed by atoms with Crippen LogP contribution in [0.15, 0.2) is 65.8 Å². The highest BCUT2D eigenvalue weighted by molar-refractivity contribution is 7.98. The van der Waals surface area contributed by atoms with E-state index in [2.05, 4.69) is 40.3 Å². The number of nitriles is 1. The second-order valence-corrected chi connectivity index (χ2v) is 12.4. The Hall–Kier alpha value is -3.21. The minimum atomic E-state index is -3.13. The molecule has 0 radical (unpaired) electrons. The van der Waals surface area contributed by atoms with Crippen molar-refractivity contribution in [3.63, 3.8) is 0 Å². The summed E-state index contributed by atoms with van der Waals surface area (Å²) in [6, 6.07) is 20.5. The van der Waals surface area contributed by atoms with Gasteiger partial charge in [-0.15, -0.1) is 11.8 Å². The molecule has 5 nitrogen and oxygen atoms in total. The second-order valence-electron chi connectivity index (χ2n) is 8.92. The summed E-state index contributed by atoms with van der Waals surface area (Å²) >= 11 is 1.56. The number of sulfone groups is 1. The first-order chi connectivity index (χ1) is 16.7. The molecule has 2 aromatic heterocycles. The average Bonchev–Trinajstić information content (AvgIpc) is 2.81. The topological polar surface area (TPSA) is 83.7 Å². The van der Waals surface area contributed by atoms with Crippen LogP contribution in [0.3, 0.4) is 0 Å². The van der Waals surface area contributed by atoms with E-state index in [1.54, 1.807) is 24.9 Å². The zero-order valence-corrected chi connectivity index (χ0v) is 21.9. The summed E-state index contributed by atoms with van der Waals surface area (Å²) in [5.41, 5.74) is 7.43. The molecule has 2 heterocycles. The van der Waals surface area contributed by atoms with Crippen LogP contribution in [-0.4, -0.2) is 29.9 Å². The fourth-order valence-electron chi connectivity index (χ4n) is 4.10. The third kappa shape index (κ3) is 5.72. The lowest BCUT2D eigenvalue weighted by molar-refractivity contribution is 0.588. The molecule has 0 spiro atoms. The van der Waals surface area contributed by atoms with Gasteiger partial charge >= 0.3 is 0 Å². The normalized spacial score (nSPS) is 12.4. The molecule has 0 aliphatic heterocycles. The van der Waals surface area contributed by atoms with Crippen molar-refractivity contribution in [1.29, 1.82) is 5.26 Å². The third-order valence-electron chi connectivity index (χ3n) is 6.06. The number of pyridine rings is 2. The molecule has 0 saturated heterocycles. The number of rotatable bonds is 7. The smallest absolute Gasteiger partial charge is 0.150 e. The molecule has 0 fully saturated rings. The van der Waals surface area contributed by atoms with Gasteiger partial charge in [0.25, 0.3) is 0 Å². The molecule has 0 bridgehead atoms. The second kappa shape index (κ2) is 10.2. The molecule has 0 aliphatic carbocycles. The van der Waals surface area contributed by atoms with Crippen molar-refractivity contribution in [2.24, 2.45) is 0 Å². The Morgan fingerprint density at radius 3 is 2.60 bits per heavy atom. The molecule has 4 rings (SSSR count). The Bertz CT molecular complexity index is 1560. The third-order valence-corrected chi connectivity index (χ3v) is 8.73. The molecule has 7 heteroatoms. The highest BCUT2D eigenvalue weighted by atomic mass is 32.2. The number of hydrogen-bond donors (Lipinski definition) is 0. The quantitative estimate of drug-likeness (QED) is 0.287. The number of aryl methyl sites for hydroxylation is 2. The first-order valence-corrected chi connectivity index (χ1v) is 14.3. The van der Waals surface area contributed by atoms with E-state index < -0.39 is 15.1 Å².